The Balaban J connectivity index is 1.40. The zero-order valence-electron chi connectivity index (χ0n) is 12.8. The van der Waals surface area contributed by atoms with Crippen LogP contribution >= 0.6 is 0 Å². The highest BCUT2D eigenvalue weighted by Gasteiger charge is 2.15. The van der Waals surface area contributed by atoms with Gasteiger partial charge in [0.15, 0.2) is 11.5 Å². The van der Waals surface area contributed by atoms with E-state index in [4.69, 9.17) is 14.2 Å². The normalized spacial score (nSPS) is 11.7. The fraction of sp³-hybridized carbons (Fsp3) is 0.176. The van der Waals surface area contributed by atoms with Gasteiger partial charge < -0.3 is 24.8 Å². The van der Waals surface area contributed by atoms with Gasteiger partial charge in [0.05, 0.1) is 0 Å². The molecule has 7 nitrogen and oxygen atoms in total. The van der Waals surface area contributed by atoms with E-state index in [9.17, 15) is 9.59 Å². The summed E-state index contributed by atoms with van der Waals surface area (Å²) in [7, 11) is 0. The summed E-state index contributed by atoms with van der Waals surface area (Å²) in [6, 6.07) is 13.7. The van der Waals surface area contributed by atoms with Gasteiger partial charge in [0.25, 0.3) is 5.91 Å². The van der Waals surface area contributed by atoms with Crippen molar-refractivity contribution in [3.63, 3.8) is 0 Å². The second kappa shape index (κ2) is 7.36. The highest BCUT2D eigenvalue weighted by Crippen LogP contribution is 2.32. The first-order valence-corrected chi connectivity index (χ1v) is 7.41. The van der Waals surface area contributed by atoms with Crippen LogP contribution in [0.15, 0.2) is 48.5 Å². The van der Waals surface area contributed by atoms with Gasteiger partial charge in [-0.2, -0.15) is 0 Å². The number of hydrogen-bond acceptors (Lipinski definition) is 5. The maximum Gasteiger partial charge on any atom is 0.412 e. The molecule has 0 atom stereocenters. The number of para-hydroxylation sites is 1. The predicted octanol–water partition coefficient (Wildman–Crippen LogP) is 1.93. The molecular weight excluding hydrogens is 312 g/mol. The minimum Gasteiger partial charge on any atom is -0.454 e. The molecule has 0 bridgehead atoms. The van der Waals surface area contributed by atoms with Crippen molar-refractivity contribution in [2.24, 2.45) is 0 Å². The molecule has 0 saturated heterocycles. The Morgan fingerprint density at radius 1 is 0.958 bits per heavy atom. The highest BCUT2D eigenvalue weighted by atomic mass is 16.7. The minimum atomic E-state index is -0.571. The van der Waals surface area contributed by atoms with Crippen LogP contribution in [0.2, 0.25) is 0 Å². The average Bonchev–Trinajstić information content (AvgIpc) is 3.07. The van der Waals surface area contributed by atoms with Crippen molar-refractivity contribution in [2.75, 3.05) is 19.9 Å². The standard InChI is InChI=1S/C17H16N2O5/c20-16(12-6-7-14-15(10-12)23-11-22-14)18-8-9-19-17(21)24-13-4-2-1-3-5-13/h1-7,10H,8-9,11H2,(H,18,20)(H,19,21). The summed E-state index contributed by atoms with van der Waals surface area (Å²) in [6.45, 7) is 0.687. The van der Waals surface area contributed by atoms with Crippen LogP contribution in [0.4, 0.5) is 4.79 Å². The molecule has 124 valence electrons. The first-order valence-electron chi connectivity index (χ1n) is 7.41. The van der Waals surface area contributed by atoms with E-state index in [-0.39, 0.29) is 25.8 Å². The van der Waals surface area contributed by atoms with E-state index in [2.05, 4.69) is 10.6 Å². The Morgan fingerprint density at radius 2 is 1.71 bits per heavy atom. The molecule has 7 heteroatoms. The molecule has 0 unspecified atom stereocenters. The molecule has 1 heterocycles. The van der Waals surface area contributed by atoms with E-state index in [0.29, 0.717) is 22.8 Å². The van der Waals surface area contributed by atoms with Gasteiger partial charge in [-0.15, -0.1) is 0 Å². The highest BCUT2D eigenvalue weighted by molar-refractivity contribution is 5.94. The van der Waals surface area contributed by atoms with E-state index in [1.807, 2.05) is 6.07 Å². The second-order valence-corrected chi connectivity index (χ2v) is 4.95. The fourth-order valence-electron chi connectivity index (χ4n) is 2.11. The molecule has 24 heavy (non-hydrogen) atoms. The molecule has 1 aliphatic heterocycles. The van der Waals surface area contributed by atoms with E-state index in [1.165, 1.54) is 0 Å². The quantitative estimate of drug-likeness (QED) is 0.819. The molecule has 1 aliphatic rings. The van der Waals surface area contributed by atoms with Crippen molar-refractivity contribution in [3.05, 3.63) is 54.1 Å². The molecule has 2 aromatic rings. The minimum absolute atomic E-state index is 0.161. The van der Waals surface area contributed by atoms with E-state index < -0.39 is 6.09 Å². The molecule has 0 radical (unpaired) electrons. The lowest BCUT2D eigenvalue weighted by atomic mass is 10.2. The first kappa shape index (κ1) is 15.7. The van der Waals surface area contributed by atoms with Gasteiger partial charge in [0.1, 0.15) is 5.75 Å². The lowest BCUT2D eigenvalue weighted by Gasteiger charge is -2.08. The number of carbonyl (C=O) groups excluding carboxylic acids is 2. The predicted molar refractivity (Wildman–Crippen MR) is 85.4 cm³/mol. The number of benzene rings is 2. The van der Waals surface area contributed by atoms with Gasteiger partial charge in [-0.3, -0.25) is 4.79 Å². The maximum atomic E-state index is 12.0. The molecule has 3 rings (SSSR count). The van der Waals surface area contributed by atoms with Crippen LogP contribution < -0.4 is 24.8 Å². The van der Waals surface area contributed by atoms with Crippen molar-refractivity contribution in [1.82, 2.24) is 10.6 Å². The molecule has 2 aromatic carbocycles. The van der Waals surface area contributed by atoms with Crippen LogP contribution in [0.3, 0.4) is 0 Å². The van der Waals surface area contributed by atoms with Crippen LogP contribution in [0.25, 0.3) is 0 Å². The van der Waals surface area contributed by atoms with Crippen molar-refractivity contribution < 1.29 is 23.8 Å². The lowest BCUT2D eigenvalue weighted by molar-refractivity contribution is 0.0953. The largest absolute Gasteiger partial charge is 0.454 e. The molecule has 0 spiro atoms. The third kappa shape index (κ3) is 3.95. The zero-order valence-corrected chi connectivity index (χ0v) is 12.8. The number of ether oxygens (including phenoxy) is 3. The number of amides is 2. The van der Waals surface area contributed by atoms with Crippen molar-refractivity contribution in [2.45, 2.75) is 0 Å². The lowest BCUT2D eigenvalue weighted by Crippen LogP contribution is -2.36. The SMILES string of the molecule is O=C(NCCNC(=O)c1ccc2c(c1)OCO2)Oc1ccccc1. The summed E-state index contributed by atoms with van der Waals surface area (Å²) in [5.41, 5.74) is 0.464. The van der Waals surface area contributed by atoms with E-state index >= 15 is 0 Å². The summed E-state index contributed by atoms with van der Waals surface area (Å²) in [5.74, 6) is 1.37. The van der Waals surface area contributed by atoms with Crippen molar-refractivity contribution in [3.8, 4) is 17.2 Å². The van der Waals surface area contributed by atoms with Crippen LogP contribution in [0, 0.1) is 0 Å². The van der Waals surface area contributed by atoms with Gasteiger partial charge in [-0.1, -0.05) is 18.2 Å². The summed E-state index contributed by atoms with van der Waals surface area (Å²) in [6.07, 6.45) is -0.571. The van der Waals surface area contributed by atoms with Gasteiger partial charge in [0, 0.05) is 18.7 Å². The van der Waals surface area contributed by atoms with Crippen LogP contribution in [-0.4, -0.2) is 31.9 Å². The second-order valence-electron chi connectivity index (χ2n) is 4.95. The number of carbonyl (C=O) groups is 2. The molecule has 0 fully saturated rings. The summed E-state index contributed by atoms with van der Waals surface area (Å²) in [5, 5.41) is 5.26. The molecule has 0 saturated carbocycles. The van der Waals surface area contributed by atoms with E-state index in [1.54, 1.807) is 42.5 Å². The maximum absolute atomic E-state index is 12.0. The van der Waals surface area contributed by atoms with Crippen LogP contribution in [-0.2, 0) is 0 Å². The fourth-order valence-corrected chi connectivity index (χ4v) is 2.11. The van der Waals surface area contributed by atoms with Gasteiger partial charge in [-0.05, 0) is 30.3 Å². The Hall–Kier alpha value is -3.22. The number of fused-ring (bicyclic) bond motifs is 1. The van der Waals surface area contributed by atoms with Crippen LogP contribution in [0.5, 0.6) is 17.2 Å². The first-order chi connectivity index (χ1) is 11.7. The monoisotopic (exact) mass is 328 g/mol. The summed E-state index contributed by atoms with van der Waals surface area (Å²) in [4.78, 5) is 23.6. The summed E-state index contributed by atoms with van der Waals surface area (Å²) < 4.78 is 15.5. The molecular formula is C17H16N2O5. The van der Waals surface area contributed by atoms with Gasteiger partial charge in [0.2, 0.25) is 6.79 Å². The van der Waals surface area contributed by atoms with Crippen LogP contribution in [0.1, 0.15) is 10.4 Å². The number of rotatable bonds is 5. The molecule has 0 aliphatic carbocycles. The zero-order chi connectivity index (χ0) is 16.8. The molecule has 0 aromatic heterocycles. The van der Waals surface area contributed by atoms with Gasteiger partial charge in [-0.25, -0.2) is 4.79 Å². The number of nitrogens with one attached hydrogen (secondary N) is 2. The van der Waals surface area contributed by atoms with Crippen molar-refractivity contribution in [1.29, 1.82) is 0 Å². The smallest absolute Gasteiger partial charge is 0.412 e. The van der Waals surface area contributed by atoms with Gasteiger partial charge >= 0.3 is 6.09 Å². The summed E-state index contributed by atoms with van der Waals surface area (Å²) >= 11 is 0. The Morgan fingerprint density at radius 3 is 2.54 bits per heavy atom. The Labute approximate surface area is 138 Å². The molecule has 2 amide bonds. The van der Waals surface area contributed by atoms with E-state index in [0.717, 1.165) is 0 Å². The number of hydrogen-bond donors (Lipinski definition) is 2. The molecule has 2 N–H and O–H groups in total. The Bertz CT molecular complexity index is 733. The topological polar surface area (TPSA) is 85.9 Å². The Kier molecular flexibility index (Phi) is 4.81. The third-order valence-electron chi connectivity index (χ3n) is 3.27. The average molecular weight is 328 g/mol. The van der Waals surface area contributed by atoms with Crippen molar-refractivity contribution >= 4 is 12.0 Å². The third-order valence-corrected chi connectivity index (χ3v) is 3.27.